The predicted octanol–water partition coefficient (Wildman–Crippen LogP) is 3.46. The first-order valence-electron chi connectivity index (χ1n) is 6.08. The van der Waals surface area contributed by atoms with E-state index in [2.05, 4.69) is 12.2 Å². The number of methoxy groups -OCH3 is 1. The highest BCUT2D eigenvalue weighted by atomic mass is 35.5. The lowest BCUT2D eigenvalue weighted by atomic mass is 10.1. The summed E-state index contributed by atoms with van der Waals surface area (Å²) in [5, 5.41) is 4.93. The van der Waals surface area contributed by atoms with Gasteiger partial charge in [-0.3, -0.25) is 0 Å². The highest BCUT2D eigenvalue weighted by Gasteiger charge is 2.11. The van der Waals surface area contributed by atoms with E-state index in [9.17, 15) is 0 Å². The molecule has 0 spiro atoms. The van der Waals surface area contributed by atoms with Crippen LogP contribution >= 0.6 is 11.6 Å². The number of furan rings is 1. The first kappa shape index (κ1) is 13.4. The van der Waals surface area contributed by atoms with Crippen molar-refractivity contribution in [2.45, 2.75) is 13.5 Å². The molecule has 0 radical (unpaired) electrons. The van der Waals surface area contributed by atoms with Crippen LogP contribution in [0, 0.1) is 5.92 Å². The smallest absolute Gasteiger partial charge is 0.199 e. The van der Waals surface area contributed by atoms with Crippen LogP contribution in [0.2, 0.25) is 5.22 Å². The van der Waals surface area contributed by atoms with Crippen molar-refractivity contribution >= 4 is 22.6 Å². The van der Waals surface area contributed by atoms with Gasteiger partial charge in [-0.15, -0.1) is 0 Å². The first-order chi connectivity index (χ1) is 8.72. The molecule has 0 bridgehead atoms. The van der Waals surface area contributed by atoms with Gasteiger partial charge in [-0.2, -0.15) is 0 Å². The van der Waals surface area contributed by atoms with Gasteiger partial charge in [-0.1, -0.05) is 25.1 Å². The normalized spacial score (nSPS) is 13.1. The van der Waals surface area contributed by atoms with Crippen molar-refractivity contribution in [1.82, 2.24) is 5.32 Å². The number of ether oxygens (including phenoxy) is 1. The van der Waals surface area contributed by atoms with Crippen LogP contribution in [0.3, 0.4) is 0 Å². The number of para-hydroxylation sites is 1. The minimum absolute atomic E-state index is 0.475. The molecule has 2 aromatic rings. The molecule has 0 saturated heterocycles. The Kier molecular flexibility index (Phi) is 4.64. The third-order valence-corrected chi connectivity index (χ3v) is 3.20. The summed E-state index contributed by atoms with van der Waals surface area (Å²) in [6.45, 7) is 4.51. The first-order valence-corrected chi connectivity index (χ1v) is 6.45. The fraction of sp³-hybridized carbons (Fsp3) is 0.429. The van der Waals surface area contributed by atoms with Crippen molar-refractivity contribution in [1.29, 1.82) is 0 Å². The Bertz CT molecular complexity index is 509. The zero-order valence-electron chi connectivity index (χ0n) is 10.7. The molecule has 2 rings (SSSR count). The van der Waals surface area contributed by atoms with Crippen LogP contribution in [0.15, 0.2) is 28.7 Å². The third-order valence-electron chi connectivity index (χ3n) is 2.89. The van der Waals surface area contributed by atoms with Crippen LogP contribution < -0.4 is 5.32 Å². The lowest BCUT2D eigenvalue weighted by molar-refractivity contribution is 0.158. The van der Waals surface area contributed by atoms with Crippen molar-refractivity contribution < 1.29 is 9.15 Å². The molecule has 0 aliphatic heterocycles. The van der Waals surface area contributed by atoms with Crippen molar-refractivity contribution in [3.63, 3.8) is 0 Å². The molecule has 1 N–H and O–H groups in total. The van der Waals surface area contributed by atoms with E-state index in [1.165, 1.54) is 0 Å². The Balaban J connectivity index is 2.01. The van der Waals surface area contributed by atoms with Crippen molar-refractivity contribution in [3.8, 4) is 0 Å². The standard InChI is InChI=1S/C14H18ClNO2/c1-10(9-17-2)7-16-8-12-11-5-3-4-6-13(11)18-14(12)15/h3-6,10,16H,7-9H2,1-2H3. The highest BCUT2D eigenvalue weighted by Crippen LogP contribution is 2.29. The molecule has 0 aliphatic carbocycles. The summed E-state index contributed by atoms with van der Waals surface area (Å²) >= 11 is 6.11. The Morgan fingerprint density at radius 3 is 2.94 bits per heavy atom. The monoisotopic (exact) mass is 267 g/mol. The Morgan fingerprint density at radius 2 is 2.17 bits per heavy atom. The number of hydrogen-bond donors (Lipinski definition) is 1. The van der Waals surface area contributed by atoms with Crippen LogP contribution in [-0.4, -0.2) is 20.3 Å². The SMILES string of the molecule is COCC(C)CNCc1c(Cl)oc2ccccc12. The minimum atomic E-state index is 0.475. The molecule has 1 heterocycles. The Hall–Kier alpha value is -1.03. The van der Waals surface area contributed by atoms with Gasteiger partial charge in [0.25, 0.3) is 0 Å². The quantitative estimate of drug-likeness (QED) is 0.870. The molecule has 98 valence electrons. The highest BCUT2D eigenvalue weighted by molar-refractivity contribution is 6.30. The van der Waals surface area contributed by atoms with Gasteiger partial charge in [0.05, 0.1) is 0 Å². The van der Waals surface area contributed by atoms with Gasteiger partial charge >= 0.3 is 0 Å². The molecule has 0 saturated carbocycles. The minimum Gasteiger partial charge on any atom is -0.444 e. The molecular formula is C14H18ClNO2. The van der Waals surface area contributed by atoms with E-state index in [4.69, 9.17) is 20.8 Å². The van der Waals surface area contributed by atoms with Crippen LogP contribution in [0.25, 0.3) is 11.0 Å². The second kappa shape index (κ2) is 6.23. The van der Waals surface area contributed by atoms with E-state index < -0.39 is 0 Å². The van der Waals surface area contributed by atoms with Crippen LogP contribution in [-0.2, 0) is 11.3 Å². The lowest BCUT2D eigenvalue weighted by Crippen LogP contribution is -2.23. The van der Waals surface area contributed by atoms with Gasteiger partial charge in [0, 0.05) is 37.8 Å². The second-order valence-corrected chi connectivity index (χ2v) is 4.89. The molecule has 18 heavy (non-hydrogen) atoms. The van der Waals surface area contributed by atoms with E-state index in [-0.39, 0.29) is 0 Å². The molecule has 1 aromatic heterocycles. The molecule has 4 heteroatoms. The Labute approximate surface area is 112 Å². The molecule has 3 nitrogen and oxygen atoms in total. The molecular weight excluding hydrogens is 250 g/mol. The average Bonchev–Trinajstić information content (AvgIpc) is 2.66. The van der Waals surface area contributed by atoms with E-state index in [0.29, 0.717) is 17.7 Å². The van der Waals surface area contributed by atoms with Gasteiger partial charge in [0.1, 0.15) is 5.58 Å². The van der Waals surface area contributed by atoms with Gasteiger partial charge in [-0.25, -0.2) is 0 Å². The largest absolute Gasteiger partial charge is 0.444 e. The summed E-state index contributed by atoms with van der Waals surface area (Å²) in [7, 11) is 1.72. The summed E-state index contributed by atoms with van der Waals surface area (Å²) in [6.07, 6.45) is 0. The number of hydrogen-bond acceptors (Lipinski definition) is 3. The number of fused-ring (bicyclic) bond motifs is 1. The number of halogens is 1. The average molecular weight is 268 g/mol. The molecule has 1 unspecified atom stereocenters. The van der Waals surface area contributed by atoms with E-state index in [1.807, 2.05) is 24.3 Å². The maximum atomic E-state index is 6.11. The zero-order chi connectivity index (χ0) is 13.0. The summed E-state index contributed by atoms with van der Waals surface area (Å²) in [5.41, 5.74) is 1.86. The Morgan fingerprint density at radius 1 is 1.39 bits per heavy atom. The van der Waals surface area contributed by atoms with Gasteiger partial charge in [-0.05, 0) is 23.6 Å². The number of nitrogens with one attached hydrogen (secondary N) is 1. The summed E-state index contributed by atoms with van der Waals surface area (Å²) in [6, 6.07) is 7.89. The topological polar surface area (TPSA) is 34.4 Å². The van der Waals surface area contributed by atoms with Crippen LogP contribution in [0.4, 0.5) is 0 Å². The lowest BCUT2D eigenvalue weighted by Gasteiger charge is -2.10. The van der Waals surface area contributed by atoms with Crippen LogP contribution in [0.1, 0.15) is 12.5 Å². The fourth-order valence-electron chi connectivity index (χ4n) is 2.02. The number of rotatable bonds is 6. The molecule has 1 atom stereocenters. The fourth-order valence-corrected chi connectivity index (χ4v) is 2.27. The van der Waals surface area contributed by atoms with E-state index in [0.717, 1.165) is 29.7 Å². The van der Waals surface area contributed by atoms with E-state index >= 15 is 0 Å². The van der Waals surface area contributed by atoms with Crippen LogP contribution in [0.5, 0.6) is 0 Å². The maximum Gasteiger partial charge on any atom is 0.199 e. The predicted molar refractivity (Wildman–Crippen MR) is 74.0 cm³/mol. The maximum absolute atomic E-state index is 6.11. The van der Waals surface area contributed by atoms with E-state index in [1.54, 1.807) is 7.11 Å². The van der Waals surface area contributed by atoms with Crippen molar-refractivity contribution in [2.75, 3.05) is 20.3 Å². The van der Waals surface area contributed by atoms with Gasteiger partial charge < -0.3 is 14.5 Å². The zero-order valence-corrected chi connectivity index (χ0v) is 11.5. The second-order valence-electron chi connectivity index (χ2n) is 4.54. The van der Waals surface area contributed by atoms with Crippen molar-refractivity contribution in [3.05, 3.63) is 35.0 Å². The third kappa shape index (κ3) is 3.05. The van der Waals surface area contributed by atoms with Crippen molar-refractivity contribution in [2.24, 2.45) is 5.92 Å². The molecule has 0 aliphatic rings. The summed E-state index contributed by atoms with van der Waals surface area (Å²) < 4.78 is 10.6. The van der Waals surface area contributed by atoms with Gasteiger partial charge in [0.2, 0.25) is 0 Å². The molecule has 0 amide bonds. The molecule has 1 aromatic carbocycles. The summed E-state index contributed by atoms with van der Waals surface area (Å²) in [5.74, 6) is 0.479. The number of benzene rings is 1. The summed E-state index contributed by atoms with van der Waals surface area (Å²) in [4.78, 5) is 0. The van der Waals surface area contributed by atoms with Gasteiger partial charge in [0.15, 0.2) is 5.22 Å². The molecule has 0 fully saturated rings.